The molecule has 0 aliphatic heterocycles. The zero-order chi connectivity index (χ0) is 13.1. The summed E-state index contributed by atoms with van der Waals surface area (Å²) in [5.41, 5.74) is 6.61. The third-order valence-corrected chi connectivity index (χ3v) is 2.48. The summed E-state index contributed by atoms with van der Waals surface area (Å²) in [6, 6.07) is 6.36. The van der Waals surface area contributed by atoms with Gasteiger partial charge in [0.2, 0.25) is 5.91 Å². The number of hydrogen-bond acceptors (Lipinski definition) is 3. The summed E-state index contributed by atoms with van der Waals surface area (Å²) in [6.45, 7) is 1.61. The molecule has 0 aliphatic carbocycles. The highest BCUT2D eigenvalue weighted by Gasteiger charge is 2.07. The Kier molecular flexibility index (Phi) is 3.29. The van der Waals surface area contributed by atoms with E-state index in [-0.39, 0.29) is 11.6 Å². The van der Waals surface area contributed by atoms with E-state index in [1.54, 1.807) is 43.6 Å². The highest BCUT2D eigenvalue weighted by atomic mass is 16.2. The number of rotatable bonds is 3. The van der Waals surface area contributed by atoms with Crippen LogP contribution in [-0.2, 0) is 4.79 Å². The quantitative estimate of drug-likeness (QED) is 0.734. The first-order valence-electron chi connectivity index (χ1n) is 5.51. The van der Waals surface area contributed by atoms with Gasteiger partial charge in [-0.2, -0.15) is 0 Å². The average Bonchev–Trinajstić information content (AvgIpc) is 2.76. The fourth-order valence-corrected chi connectivity index (χ4v) is 1.49. The SMILES string of the molecule is C[C@H](N)C(=O)Nc1ccc(-n2cc[nH]c2=O)cc1. The molecule has 0 spiro atoms. The van der Waals surface area contributed by atoms with Crippen molar-refractivity contribution in [3.63, 3.8) is 0 Å². The molecule has 1 atom stereocenters. The first-order valence-corrected chi connectivity index (χ1v) is 5.51. The van der Waals surface area contributed by atoms with Crippen LogP contribution in [0.15, 0.2) is 41.5 Å². The van der Waals surface area contributed by atoms with Gasteiger partial charge < -0.3 is 16.0 Å². The molecule has 0 aliphatic rings. The van der Waals surface area contributed by atoms with Gasteiger partial charge in [0.1, 0.15) is 0 Å². The summed E-state index contributed by atoms with van der Waals surface area (Å²) < 4.78 is 1.47. The summed E-state index contributed by atoms with van der Waals surface area (Å²) >= 11 is 0. The van der Waals surface area contributed by atoms with Crippen molar-refractivity contribution in [2.45, 2.75) is 13.0 Å². The van der Waals surface area contributed by atoms with E-state index in [2.05, 4.69) is 10.3 Å². The largest absolute Gasteiger partial charge is 0.330 e. The summed E-state index contributed by atoms with van der Waals surface area (Å²) in [4.78, 5) is 25.3. The van der Waals surface area contributed by atoms with Crippen LogP contribution in [0.1, 0.15) is 6.92 Å². The molecule has 1 amide bonds. The number of carbonyl (C=O) groups is 1. The van der Waals surface area contributed by atoms with Gasteiger partial charge >= 0.3 is 5.69 Å². The average molecular weight is 246 g/mol. The Morgan fingerprint density at radius 2 is 2.06 bits per heavy atom. The number of hydrogen-bond donors (Lipinski definition) is 3. The number of aromatic amines is 1. The number of nitrogens with one attached hydrogen (secondary N) is 2. The van der Waals surface area contributed by atoms with E-state index in [4.69, 9.17) is 5.73 Å². The van der Waals surface area contributed by atoms with Crippen molar-refractivity contribution in [2.24, 2.45) is 5.73 Å². The van der Waals surface area contributed by atoms with Crippen molar-refractivity contribution in [3.05, 3.63) is 47.1 Å². The molecule has 0 unspecified atom stereocenters. The Hall–Kier alpha value is -2.34. The number of imidazole rings is 1. The van der Waals surface area contributed by atoms with Gasteiger partial charge in [-0.05, 0) is 31.2 Å². The minimum atomic E-state index is -0.558. The molecule has 6 heteroatoms. The minimum Gasteiger partial charge on any atom is -0.325 e. The standard InChI is InChI=1S/C12H14N4O2/c1-8(13)11(17)15-9-2-4-10(5-3-9)16-7-6-14-12(16)18/h2-8H,13H2,1H3,(H,14,18)(H,15,17)/t8-/m0/s1. The van der Waals surface area contributed by atoms with Crippen LogP contribution >= 0.6 is 0 Å². The van der Waals surface area contributed by atoms with Gasteiger partial charge in [-0.3, -0.25) is 9.36 Å². The summed E-state index contributed by atoms with van der Waals surface area (Å²) in [7, 11) is 0. The van der Waals surface area contributed by atoms with Crippen LogP contribution in [0.2, 0.25) is 0 Å². The van der Waals surface area contributed by atoms with Crippen LogP contribution in [0.5, 0.6) is 0 Å². The normalized spacial score (nSPS) is 12.1. The van der Waals surface area contributed by atoms with Crippen molar-refractivity contribution >= 4 is 11.6 Å². The number of nitrogens with two attached hydrogens (primary N) is 1. The minimum absolute atomic E-state index is 0.206. The van der Waals surface area contributed by atoms with Gasteiger partial charge in [0.05, 0.1) is 11.7 Å². The molecule has 94 valence electrons. The first-order chi connectivity index (χ1) is 8.58. The molecular formula is C12H14N4O2. The van der Waals surface area contributed by atoms with Gasteiger partial charge in [0, 0.05) is 18.1 Å². The number of amides is 1. The van der Waals surface area contributed by atoms with Crippen molar-refractivity contribution in [2.75, 3.05) is 5.32 Å². The van der Waals surface area contributed by atoms with Crippen molar-refractivity contribution in [1.82, 2.24) is 9.55 Å². The van der Waals surface area contributed by atoms with E-state index in [0.717, 1.165) is 5.69 Å². The molecule has 1 heterocycles. The van der Waals surface area contributed by atoms with E-state index < -0.39 is 6.04 Å². The molecule has 0 fully saturated rings. The molecule has 2 rings (SSSR count). The van der Waals surface area contributed by atoms with Crippen LogP contribution in [0.4, 0.5) is 5.69 Å². The molecule has 0 radical (unpaired) electrons. The first kappa shape index (κ1) is 12.1. The monoisotopic (exact) mass is 246 g/mol. The second kappa shape index (κ2) is 4.89. The van der Waals surface area contributed by atoms with Gasteiger partial charge in [-0.1, -0.05) is 0 Å². The Morgan fingerprint density at radius 1 is 1.39 bits per heavy atom. The molecular weight excluding hydrogens is 232 g/mol. The van der Waals surface area contributed by atoms with Crippen molar-refractivity contribution < 1.29 is 4.79 Å². The number of nitrogens with zero attached hydrogens (tertiary/aromatic N) is 1. The van der Waals surface area contributed by atoms with Crippen LogP contribution in [0.25, 0.3) is 5.69 Å². The van der Waals surface area contributed by atoms with Crippen molar-refractivity contribution in [3.8, 4) is 5.69 Å². The van der Waals surface area contributed by atoms with Crippen LogP contribution < -0.4 is 16.7 Å². The second-order valence-corrected chi connectivity index (χ2v) is 3.96. The molecule has 1 aromatic heterocycles. The fraction of sp³-hybridized carbons (Fsp3) is 0.167. The summed E-state index contributed by atoms with van der Waals surface area (Å²) in [6.07, 6.45) is 3.20. The van der Waals surface area contributed by atoms with Crippen molar-refractivity contribution in [1.29, 1.82) is 0 Å². The lowest BCUT2D eigenvalue weighted by molar-refractivity contribution is -0.117. The zero-order valence-electron chi connectivity index (χ0n) is 9.88. The highest BCUT2D eigenvalue weighted by Crippen LogP contribution is 2.11. The number of benzene rings is 1. The Morgan fingerprint density at radius 3 is 2.56 bits per heavy atom. The lowest BCUT2D eigenvalue weighted by Crippen LogP contribution is -2.32. The lowest BCUT2D eigenvalue weighted by Gasteiger charge is -2.08. The maximum Gasteiger partial charge on any atom is 0.330 e. The predicted octanol–water partition coefficient (Wildman–Crippen LogP) is 0.451. The number of H-pyrrole nitrogens is 1. The number of anilines is 1. The Balaban J connectivity index is 2.18. The fourth-order valence-electron chi connectivity index (χ4n) is 1.49. The lowest BCUT2D eigenvalue weighted by atomic mass is 10.2. The third-order valence-electron chi connectivity index (χ3n) is 2.48. The molecule has 0 bridgehead atoms. The molecule has 1 aromatic carbocycles. The summed E-state index contributed by atoms with van der Waals surface area (Å²) in [5, 5.41) is 2.67. The van der Waals surface area contributed by atoms with Gasteiger partial charge in [0.15, 0.2) is 0 Å². The van der Waals surface area contributed by atoms with E-state index in [1.165, 1.54) is 4.57 Å². The zero-order valence-corrected chi connectivity index (χ0v) is 9.88. The Bertz CT molecular complexity index is 595. The predicted molar refractivity (Wildman–Crippen MR) is 68.7 cm³/mol. The third kappa shape index (κ3) is 2.49. The highest BCUT2D eigenvalue weighted by molar-refractivity contribution is 5.94. The van der Waals surface area contributed by atoms with Crippen LogP contribution in [-0.4, -0.2) is 21.5 Å². The van der Waals surface area contributed by atoms with E-state index in [0.29, 0.717) is 5.69 Å². The topological polar surface area (TPSA) is 92.9 Å². The van der Waals surface area contributed by atoms with Gasteiger partial charge in [0.25, 0.3) is 0 Å². The summed E-state index contributed by atoms with van der Waals surface area (Å²) in [5.74, 6) is -0.249. The maximum atomic E-state index is 11.4. The Labute approximate surface area is 103 Å². The molecule has 6 nitrogen and oxygen atoms in total. The molecule has 4 N–H and O–H groups in total. The number of aromatic nitrogens is 2. The maximum absolute atomic E-state index is 11.4. The van der Waals surface area contributed by atoms with E-state index in [9.17, 15) is 9.59 Å². The number of carbonyl (C=O) groups excluding carboxylic acids is 1. The van der Waals surface area contributed by atoms with E-state index in [1.807, 2.05) is 0 Å². The van der Waals surface area contributed by atoms with Crippen LogP contribution in [0.3, 0.4) is 0 Å². The molecule has 2 aromatic rings. The molecule has 0 saturated carbocycles. The smallest absolute Gasteiger partial charge is 0.325 e. The van der Waals surface area contributed by atoms with E-state index >= 15 is 0 Å². The van der Waals surface area contributed by atoms with Gasteiger partial charge in [-0.25, -0.2) is 4.79 Å². The van der Waals surface area contributed by atoms with Crippen LogP contribution in [0, 0.1) is 0 Å². The second-order valence-electron chi connectivity index (χ2n) is 3.96. The van der Waals surface area contributed by atoms with Gasteiger partial charge in [-0.15, -0.1) is 0 Å². The molecule has 0 saturated heterocycles. The molecule has 18 heavy (non-hydrogen) atoms.